The van der Waals surface area contributed by atoms with Gasteiger partial charge in [0.15, 0.2) is 5.82 Å². The van der Waals surface area contributed by atoms with E-state index in [-0.39, 0.29) is 66.2 Å². The third-order valence-corrected chi connectivity index (χ3v) is 13.6. The zero-order valence-corrected chi connectivity index (χ0v) is 36.8. The number of carbonyl (C=O) groups is 5. The average Bonchev–Trinajstić information content (AvgIpc) is 4.00. The molecule has 4 aliphatic heterocycles. The number of rotatable bonds is 9. The van der Waals surface area contributed by atoms with Crippen molar-refractivity contribution in [3.05, 3.63) is 107 Å². The standard InChI is InChI=1S/C48H51ClFN9O5/c1-54(2)46(63)39-28-37-35(27-36(43(50)44(37)52-39)33-6-3-19-56(29-33)42(61)14-22-58-21-5-18-51-58)31-7-10-34(11-8-31)55-24-16-48(17-25-55)15-4-20-57(30-48)45(62)32-9-12-38(49)40(26-32)59-23-13-41(60)53-47(59)64/h5-12,18,21,26-28,52H,3-4,13-17,19-20,22-25,29-30H2,1-2H3,(H,53,60,64). The maximum absolute atomic E-state index is 16.7. The third-order valence-electron chi connectivity index (χ3n) is 13.3. The van der Waals surface area contributed by atoms with Crippen LogP contribution in [0.5, 0.6) is 0 Å². The Morgan fingerprint density at radius 3 is 2.45 bits per heavy atom. The van der Waals surface area contributed by atoms with E-state index in [4.69, 9.17) is 11.6 Å². The summed E-state index contributed by atoms with van der Waals surface area (Å²) < 4.78 is 18.4. The van der Waals surface area contributed by atoms with Gasteiger partial charge in [0, 0.05) is 114 Å². The molecule has 0 bridgehead atoms. The summed E-state index contributed by atoms with van der Waals surface area (Å²) in [6.07, 6.45) is 10.3. The van der Waals surface area contributed by atoms with Crippen molar-refractivity contribution in [3.8, 4) is 11.1 Å². The number of hydrogen-bond acceptors (Lipinski definition) is 7. The number of H-pyrrole nitrogens is 1. The van der Waals surface area contributed by atoms with Crippen molar-refractivity contribution in [2.24, 2.45) is 5.41 Å². The van der Waals surface area contributed by atoms with E-state index in [1.807, 2.05) is 41.4 Å². The number of benzene rings is 3. The van der Waals surface area contributed by atoms with Gasteiger partial charge in [0.1, 0.15) is 5.69 Å². The van der Waals surface area contributed by atoms with Crippen molar-refractivity contribution in [3.63, 3.8) is 0 Å². The summed E-state index contributed by atoms with van der Waals surface area (Å²) in [7, 11) is 3.32. The summed E-state index contributed by atoms with van der Waals surface area (Å²) in [5.74, 6) is -1.19. The van der Waals surface area contributed by atoms with Crippen molar-refractivity contribution in [1.82, 2.24) is 34.8 Å². The number of carbonyl (C=O) groups excluding carboxylic acids is 5. The average molecular weight is 888 g/mol. The van der Waals surface area contributed by atoms with E-state index in [1.54, 1.807) is 54.1 Å². The Labute approximate surface area is 375 Å². The normalized spacial score (nSPS) is 17.8. The molecule has 2 aromatic heterocycles. The Morgan fingerprint density at radius 2 is 1.72 bits per heavy atom. The fourth-order valence-corrected chi connectivity index (χ4v) is 9.97. The summed E-state index contributed by atoms with van der Waals surface area (Å²) in [6, 6.07) is 18.1. The van der Waals surface area contributed by atoms with E-state index in [0.717, 1.165) is 61.2 Å². The molecule has 4 aliphatic rings. The predicted octanol–water partition coefficient (Wildman–Crippen LogP) is 7.20. The number of amides is 6. The first-order valence-electron chi connectivity index (χ1n) is 21.9. The van der Waals surface area contributed by atoms with Crippen LogP contribution in [-0.2, 0) is 16.1 Å². The number of fused-ring (bicyclic) bond motifs is 1. The number of piperidine rings is 2. The molecule has 0 aliphatic carbocycles. The highest BCUT2D eigenvalue weighted by atomic mass is 35.5. The van der Waals surface area contributed by atoms with Crippen LogP contribution in [0.1, 0.15) is 71.4 Å². The largest absolute Gasteiger partial charge is 0.371 e. The monoisotopic (exact) mass is 887 g/mol. The Morgan fingerprint density at radius 1 is 0.922 bits per heavy atom. The van der Waals surface area contributed by atoms with E-state index < -0.39 is 11.8 Å². The van der Waals surface area contributed by atoms with Crippen molar-refractivity contribution < 1.29 is 28.4 Å². The molecule has 6 heterocycles. The van der Waals surface area contributed by atoms with Crippen LogP contribution in [0.2, 0.25) is 5.02 Å². The fraction of sp³-hybridized carbons (Fsp3) is 0.375. The highest BCUT2D eigenvalue weighted by Gasteiger charge is 2.40. The van der Waals surface area contributed by atoms with Gasteiger partial charge in [-0.1, -0.05) is 29.8 Å². The van der Waals surface area contributed by atoms with Gasteiger partial charge in [-0.2, -0.15) is 5.10 Å². The van der Waals surface area contributed by atoms with Gasteiger partial charge in [-0.25, -0.2) is 9.18 Å². The van der Waals surface area contributed by atoms with Crippen LogP contribution in [0, 0.1) is 11.2 Å². The van der Waals surface area contributed by atoms with Gasteiger partial charge in [0.05, 0.1) is 16.2 Å². The zero-order chi connectivity index (χ0) is 44.7. The van der Waals surface area contributed by atoms with E-state index >= 15 is 4.39 Å². The zero-order valence-electron chi connectivity index (χ0n) is 36.0. The predicted molar refractivity (Wildman–Crippen MR) is 244 cm³/mol. The number of likely N-dealkylation sites (tertiary alicyclic amines) is 1. The summed E-state index contributed by atoms with van der Waals surface area (Å²) in [6.45, 7) is 4.40. The molecule has 1 spiro atoms. The second kappa shape index (κ2) is 17.6. The van der Waals surface area contributed by atoms with E-state index in [0.29, 0.717) is 59.8 Å². The minimum absolute atomic E-state index is 0.0198. The quantitative estimate of drug-likeness (QED) is 0.159. The van der Waals surface area contributed by atoms with E-state index in [9.17, 15) is 24.0 Å². The molecule has 3 aromatic carbocycles. The number of hydrogen-bond donors (Lipinski definition) is 2. The van der Waals surface area contributed by atoms with Crippen LogP contribution in [0.25, 0.3) is 27.6 Å². The molecule has 16 heteroatoms. The molecule has 332 valence electrons. The fourth-order valence-electron chi connectivity index (χ4n) is 9.75. The minimum Gasteiger partial charge on any atom is -0.371 e. The number of halogens is 2. The Hall–Kier alpha value is -6.48. The van der Waals surface area contributed by atoms with Gasteiger partial charge in [-0.15, -0.1) is 0 Å². The van der Waals surface area contributed by atoms with Crippen LogP contribution < -0.4 is 15.1 Å². The highest BCUT2D eigenvalue weighted by Crippen LogP contribution is 2.43. The molecule has 9 rings (SSSR count). The van der Waals surface area contributed by atoms with Gasteiger partial charge in [-0.3, -0.25) is 34.1 Å². The Kier molecular flexibility index (Phi) is 11.8. The van der Waals surface area contributed by atoms with Crippen LogP contribution >= 0.6 is 11.6 Å². The van der Waals surface area contributed by atoms with Crippen molar-refractivity contribution in [2.45, 2.75) is 51.5 Å². The molecular formula is C48H51ClFN9O5. The van der Waals surface area contributed by atoms with Crippen LogP contribution in [0.4, 0.5) is 20.6 Å². The second-order valence-corrected chi connectivity index (χ2v) is 18.0. The Balaban J connectivity index is 0.908. The summed E-state index contributed by atoms with van der Waals surface area (Å²) >= 11 is 6.48. The van der Waals surface area contributed by atoms with Crippen LogP contribution in [-0.4, -0.2) is 119 Å². The van der Waals surface area contributed by atoms with Crippen molar-refractivity contribution in [1.29, 1.82) is 0 Å². The molecule has 2 N–H and O–H groups in total. The first-order chi connectivity index (χ1) is 30.9. The summed E-state index contributed by atoms with van der Waals surface area (Å²) in [4.78, 5) is 76.7. The Bertz CT molecular complexity index is 2670. The molecule has 0 saturated carbocycles. The van der Waals surface area contributed by atoms with Gasteiger partial charge in [0.2, 0.25) is 11.8 Å². The SMILES string of the molecule is CN(C)C(=O)c1cc2c(-c3ccc(N4CCC5(CCCN(C(=O)c6ccc(Cl)c(N7CCC(=O)NC7=O)c6)C5)CC4)cc3)cc(C3=CCCN(C(=O)CCn4cccn4)C3)c(F)c2[nH]1. The van der Waals surface area contributed by atoms with Crippen LogP contribution in [0.15, 0.2) is 79.1 Å². The molecule has 6 amide bonds. The number of aromatic amines is 1. The summed E-state index contributed by atoms with van der Waals surface area (Å²) in [5, 5.41) is 7.46. The molecule has 3 saturated heterocycles. The van der Waals surface area contributed by atoms with Crippen molar-refractivity contribution >= 4 is 69.1 Å². The topological polar surface area (TPSA) is 147 Å². The lowest BCUT2D eigenvalue weighted by atomic mass is 9.72. The molecule has 64 heavy (non-hydrogen) atoms. The number of imide groups is 1. The maximum Gasteiger partial charge on any atom is 0.328 e. The molecular weight excluding hydrogens is 837 g/mol. The molecule has 3 fully saturated rings. The number of nitrogens with one attached hydrogen (secondary N) is 2. The van der Waals surface area contributed by atoms with Crippen LogP contribution in [0.3, 0.4) is 0 Å². The minimum atomic E-state index is -0.552. The van der Waals surface area contributed by atoms with Crippen molar-refractivity contribution in [2.75, 3.05) is 69.7 Å². The molecule has 0 radical (unpaired) electrons. The number of aryl methyl sites for hydroxylation is 1. The van der Waals surface area contributed by atoms with Gasteiger partial charge in [-0.05, 0) is 103 Å². The number of nitrogens with zero attached hydrogens (tertiary/aromatic N) is 7. The number of aromatic nitrogens is 3. The van der Waals surface area contributed by atoms with Gasteiger partial charge < -0.3 is 24.6 Å². The molecule has 0 atom stereocenters. The van der Waals surface area contributed by atoms with E-state index in [1.165, 1.54) is 9.80 Å². The first kappa shape index (κ1) is 42.8. The van der Waals surface area contributed by atoms with Gasteiger partial charge in [0.25, 0.3) is 11.8 Å². The lowest BCUT2D eigenvalue weighted by Crippen LogP contribution is -2.51. The highest BCUT2D eigenvalue weighted by molar-refractivity contribution is 6.34. The lowest BCUT2D eigenvalue weighted by molar-refractivity contribution is -0.131. The molecule has 0 unspecified atom stereocenters. The lowest BCUT2D eigenvalue weighted by Gasteiger charge is -2.48. The molecule has 14 nitrogen and oxygen atoms in total. The number of anilines is 2. The smallest absolute Gasteiger partial charge is 0.328 e. The summed E-state index contributed by atoms with van der Waals surface area (Å²) in [5.41, 5.74) is 5.20. The maximum atomic E-state index is 16.7. The first-order valence-corrected chi connectivity index (χ1v) is 22.3. The van der Waals surface area contributed by atoms with E-state index in [2.05, 4.69) is 32.4 Å². The third kappa shape index (κ3) is 8.48. The van der Waals surface area contributed by atoms with Gasteiger partial charge >= 0.3 is 6.03 Å². The second-order valence-electron chi connectivity index (χ2n) is 17.6. The number of urea groups is 1. The molecule has 5 aromatic rings.